The van der Waals surface area contributed by atoms with Crippen LogP contribution >= 0.6 is 11.8 Å². The molecule has 3 rings (SSSR count). The number of aromatic carboxylic acids is 1. The van der Waals surface area contributed by atoms with Gasteiger partial charge >= 0.3 is 5.97 Å². The Bertz CT molecular complexity index is 1150. The number of phenolic OH excluding ortho intramolecular Hbond substituents is 1. The molecule has 0 bridgehead atoms. The second kappa shape index (κ2) is 9.29. The van der Waals surface area contributed by atoms with Gasteiger partial charge in [0, 0.05) is 17.7 Å². The number of rotatable bonds is 4. The maximum Gasteiger partial charge on any atom is 0.335 e. The van der Waals surface area contributed by atoms with Crippen LogP contribution in [0.1, 0.15) is 75.5 Å². The van der Waals surface area contributed by atoms with Gasteiger partial charge in [-0.25, -0.2) is 9.79 Å². The number of phenols is 1. The van der Waals surface area contributed by atoms with Crippen LogP contribution in [0, 0.1) is 0 Å². The Balaban J connectivity index is 2.05. The number of hydrogen-bond acceptors (Lipinski definition) is 5. The van der Waals surface area contributed by atoms with Crippen molar-refractivity contribution in [2.24, 2.45) is 4.99 Å². The number of aliphatic imine (C=N–C) groups is 1. The number of carbonyl (C=O) groups is 2. The second-order valence-electron chi connectivity index (χ2n) is 10.4. The van der Waals surface area contributed by atoms with Gasteiger partial charge in [0.05, 0.1) is 16.2 Å². The van der Waals surface area contributed by atoms with Gasteiger partial charge in [0.15, 0.2) is 5.17 Å². The summed E-state index contributed by atoms with van der Waals surface area (Å²) in [6.07, 6.45) is 1.86. The number of hydrogen-bond donors (Lipinski definition) is 2. The number of likely N-dealkylation sites (N-methyl/N-ethyl adjacent to an activating group) is 1. The SMILES string of the molecule is CCN1C(=O)C(=Cc2cc(C(C)(C)C)c(O)c(C(C)(C)C)c2)SC1=Nc1ccc(C(=O)O)cc1. The first-order chi connectivity index (χ1) is 15.7. The zero-order valence-corrected chi connectivity index (χ0v) is 21.6. The zero-order chi connectivity index (χ0) is 25.4. The summed E-state index contributed by atoms with van der Waals surface area (Å²) in [7, 11) is 0. The van der Waals surface area contributed by atoms with Crippen LogP contribution < -0.4 is 0 Å². The maximum atomic E-state index is 13.1. The first-order valence-electron chi connectivity index (χ1n) is 11.2. The predicted octanol–water partition coefficient (Wildman–Crippen LogP) is 6.31. The molecule has 2 aromatic carbocycles. The van der Waals surface area contributed by atoms with Gasteiger partial charge in [-0.2, -0.15) is 0 Å². The van der Waals surface area contributed by atoms with Gasteiger partial charge in [0.2, 0.25) is 0 Å². The number of amides is 1. The number of thioether (sulfide) groups is 1. The highest BCUT2D eigenvalue weighted by atomic mass is 32.2. The van der Waals surface area contributed by atoms with Gasteiger partial charge in [-0.15, -0.1) is 0 Å². The minimum atomic E-state index is -0.997. The monoisotopic (exact) mass is 480 g/mol. The summed E-state index contributed by atoms with van der Waals surface area (Å²) < 4.78 is 0. The number of carboxylic acids is 1. The molecular weight excluding hydrogens is 448 g/mol. The minimum absolute atomic E-state index is 0.129. The van der Waals surface area contributed by atoms with E-state index in [1.165, 1.54) is 23.9 Å². The molecule has 2 aromatic rings. The molecule has 0 atom stereocenters. The Hall–Kier alpha value is -3.06. The van der Waals surface area contributed by atoms with E-state index in [4.69, 9.17) is 5.11 Å². The molecule has 6 nitrogen and oxygen atoms in total. The molecule has 180 valence electrons. The summed E-state index contributed by atoms with van der Waals surface area (Å²) >= 11 is 1.29. The zero-order valence-electron chi connectivity index (χ0n) is 20.8. The molecule has 1 aliphatic heterocycles. The van der Waals surface area contributed by atoms with Crippen molar-refractivity contribution >= 4 is 40.6 Å². The summed E-state index contributed by atoms with van der Waals surface area (Å²) in [5.41, 5.74) is 2.75. The number of aromatic hydroxyl groups is 1. The first kappa shape index (κ1) is 25.6. The first-order valence-corrected chi connectivity index (χ1v) is 12.1. The number of carbonyl (C=O) groups excluding carboxylic acids is 1. The van der Waals surface area contributed by atoms with E-state index in [-0.39, 0.29) is 22.3 Å². The average molecular weight is 481 g/mol. The van der Waals surface area contributed by atoms with Gasteiger partial charge in [-0.3, -0.25) is 9.69 Å². The van der Waals surface area contributed by atoms with E-state index in [1.807, 2.05) is 25.1 Å². The highest BCUT2D eigenvalue weighted by Gasteiger charge is 2.33. The summed E-state index contributed by atoms with van der Waals surface area (Å²) in [5, 5.41) is 20.6. The third-order valence-corrected chi connectivity index (χ3v) is 6.60. The Kier molecular flexibility index (Phi) is 6.99. The van der Waals surface area contributed by atoms with Crippen LogP contribution in [-0.4, -0.2) is 38.7 Å². The van der Waals surface area contributed by atoms with E-state index in [9.17, 15) is 14.7 Å². The Morgan fingerprint density at radius 2 is 1.56 bits per heavy atom. The van der Waals surface area contributed by atoms with E-state index in [2.05, 4.69) is 46.5 Å². The van der Waals surface area contributed by atoms with Crippen LogP contribution in [-0.2, 0) is 15.6 Å². The molecule has 0 saturated carbocycles. The van der Waals surface area contributed by atoms with E-state index >= 15 is 0 Å². The standard InChI is InChI=1S/C27H32N2O4S/c1-8-29-23(31)21(34-25(29)28-18-11-9-17(10-12-18)24(32)33)15-16-13-19(26(2,3)4)22(30)20(14-16)27(5,6)7/h9-15,30H,8H2,1-7H3,(H,32,33). The van der Waals surface area contributed by atoms with Crippen molar-refractivity contribution in [3.8, 4) is 5.75 Å². The molecule has 0 unspecified atom stereocenters. The molecule has 34 heavy (non-hydrogen) atoms. The lowest BCUT2D eigenvalue weighted by Crippen LogP contribution is -2.28. The van der Waals surface area contributed by atoms with Crippen molar-refractivity contribution in [1.29, 1.82) is 0 Å². The molecule has 1 heterocycles. The summed E-state index contributed by atoms with van der Waals surface area (Å²) in [4.78, 5) is 31.0. The third-order valence-electron chi connectivity index (χ3n) is 5.59. The molecule has 7 heteroatoms. The predicted molar refractivity (Wildman–Crippen MR) is 139 cm³/mol. The third kappa shape index (κ3) is 5.36. The topological polar surface area (TPSA) is 90.2 Å². The van der Waals surface area contributed by atoms with Gasteiger partial charge in [0.1, 0.15) is 5.75 Å². The van der Waals surface area contributed by atoms with Crippen LogP contribution in [0.25, 0.3) is 6.08 Å². The summed E-state index contributed by atoms with van der Waals surface area (Å²) in [6.45, 7) is 14.7. The van der Waals surface area contributed by atoms with Crippen LogP contribution in [0.4, 0.5) is 5.69 Å². The van der Waals surface area contributed by atoms with Gasteiger partial charge in [-0.1, -0.05) is 41.5 Å². The highest BCUT2D eigenvalue weighted by Crippen LogP contribution is 2.41. The Labute approximate surface area is 205 Å². The fraction of sp³-hybridized carbons (Fsp3) is 0.370. The molecule has 1 saturated heterocycles. The van der Waals surface area contributed by atoms with Crippen molar-refractivity contribution in [3.63, 3.8) is 0 Å². The Morgan fingerprint density at radius 1 is 1.03 bits per heavy atom. The van der Waals surface area contributed by atoms with E-state index in [1.54, 1.807) is 17.0 Å². The van der Waals surface area contributed by atoms with Crippen molar-refractivity contribution < 1.29 is 19.8 Å². The number of nitrogens with zero attached hydrogens (tertiary/aromatic N) is 2. The molecule has 0 aromatic heterocycles. The second-order valence-corrected chi connectivity index (χ2v) is 11.4. The smallest absolute Gasteiger partial charge is 0.335 e. The maximum absolute atomic E-state index is 13.1. The fourth-order valence-electron chi connectivity index (χ4n) is 3.69. The van der Waals surface area contributed by atoms with E-state index < -0.39 is 5.97 Å². The van der Waals surface area contributed by atoms with Crippen molar-refractivity contribution in [2.75, 3.05) is 6.54 Å². The molecule has 0 radical (unpaired) electrons. The number of carboxylic acid groups (broad SMARTS) is 1. The molecule has 2 N–H and O–H groups in total. The van der Waals surface area contributed by atoms with Crippen molar-refractivity contribution in [2.45, 2.75) is 59.3 Å². The fourth-order valence-corrected chi connectivity index (χ4v) is 4.76. The number of benzene rings is 2. The minimum Gasteiger partial charge on any atom is -0.507 e. The molecule has 0 spiro atoms. The Morgan fingerprint density at radius 3 is 2.00 bits per heavy atom. The van der Waals surface area contributed by atoms with Crippen LogP contribution in [0.15, 0.2) is 46.3 Å². The highest BCUT2D eigenvalue weighted by molar-refractivity contribution is 8.18. The van der Waals surface area contributed by atoms with Crippen LogP contribution in [0.5, 0.6) is 5.75 Å². The quantitative estimate of drug-likeness (QED) is 0.501. The van der Waals surface area contributed by atoms with Gasteiger partial charge in [-0.05, 0) is 77.6 Å². The lowest BCUT2D eigenvalue weighted by atomic mass is 9.78. The lowest BCUT2D eigenvalue weighted by Gasteiger charge is -2.28. The molecule has 0 aliphatic carbocycles. The van der Waals surface area contributed by atoms with Crippen molar-refractivity contribution in [1.82, 2.24) is 4.90 Å². The molecule has 1 amide bonds. The lowest BCUT2D eigenvalue weighted by molar-refractivity contribution is -0.122. The molecule has 1 aliphatic rings. The van der Waals surface area contributed by atoms with Crippen molar-refractivity contribution in [3.05, 3.63) is 63.6 Å². The normalized spacial score (nSPS) is 17.1. The van der Waals surface area contributed by atoms with Crippen LogP contribution in [0.3, 0.4) is 0 Å². The summed E-state index contributed by atoms with van der Waals surface area (Å²) in [6, 6.07) is 10.1. The number of amidine groups is 1. The average Bonchev–Trinajstić information content (AvgIpc) is 3.01. The van der Waals surface area contributed by atoms with E-state index in [0.717, 1.165) is 16.7 Å². The van der Waals surface area contributed by atoms with Gasteiger partial charge in [0.25, 0.3) is 5.91 Å². The molecular formula is C27H32N2O4S. The van der Waals surface area contributed by atoms with Crippen LogP contribution in [0.2, 0.25) is 0 Å². The largest absolute Gasteiger partial charge is 0.507 e. The van der Waals surface area contributed by atoms with E-state index in [0.29, 0.717) is 28.1 Å². The summed E-state index contributed by atoms with van der Waals surface area (Å²) in [5.74, 6) is -0.825. The van der Waals surface area contributed by atoms with Gasteiger partial charge < -0.3 is 10.2 Å². The molecule has 1 fully saturated rings.